The van der Waals surface area contributed by atoms with Crippen molar-refractivity contribution in [1.82, 2.24) is 15.0 Å². The van der Waals surface area contributed by atoms with Crippen molar-refractivity contribution in [2.24, 2.45) is 0 Å². The van der Waals surface area contributed by atoms with E-state index in [2.05, 4.69) is 15.0 Å². The number of rotatable bonds is 0. The summed E-state index contributed by atoms with van der Waals surface area (Å²) in [6.07, 6.45) is 0. The molecule has 1 rings (SSSR count). The highest BCUT2D eigenvalue weighted by molar-refractivity contribution is 5.33. The van der Waals surface area contributed by atoms with Crippen LogP contribution >= 0.6 is 0 Å². The fraction of sp³-hybridized carbons (Fsp3) is 0.250. The van der Waals surface area contributed by atoms with Gasteiger partial charge in [0.1, 0.15) is 0 Å². The highest BCUT2D eigenvalue weighted by Crippen LogP contribution is 1.97. The van der Waals surface area contributed by atoms with Crippen molar-refractivity contribution in [2.45, 2.75) is 7.43 Å². The van der Waals surface area contributed by atoms with Gasteiger partial charge in [-0.1, -0.05) is 7.43 Å². The zero-order valence-corrected chi connectivity index (χ0v) is 4.57. The highest BCUT2D eigenvalue weighted by atomic mass is 15.2. The van der Waals surface area contributed by atoms with Gasteiger partial charge in [0.25, 0.3) is 0 Å². The first-order chi connectivity index (χ1) is 4.18. The molecule has 0 bridgehead atoms. The third-order valence-electron chi connectivity index (χ3n) is 0.687. The van der Waals surface area contributed by atoms with Gasteiger partial charge in [0, 0.05) is 0 Å². The van der Waals surface area contributed by atoms with Crippen molar-refractivity contribution in [3.63, 3.8) is 0 Å². The van der Waals surface area contributed by atoms with Crippen molar-refractivity contribution in [3.8, 4) is 0 Å². The molecule has 1 heterocycles. The van der Waals surface area contributed by atoms with E-state index in [9.17, 15) is 0 Å². The van der Waals surface area contributed by atoms with Crippen molar-refractivity contribution in [1.29, 1.82) is 0 Å². The van der Waals surface area contributed by atoms with Crippen LogP contribution in [0.15, 0.2) is 0 Å². The van der Waals surface area contributed by atoms with Crippen LogP contribution in [-0.4, -0.2) is 15.0 Å². The maximum absolute atomic E-state index is 5.14. The van der Waals surface area contributed by atoms with Gasteiger partial charge in [-0.2, -0.15) is 15.0 Å². The van der Waals surface area contributed by atoms with Crippen LogP contribution in [0.2, 0.25) is 0 Å². The van der Waals surface area contributed by atoms with E-state index < -0.39 is 0 Å². The average Bonchev–Trinajstić information content (AvgIpc) is 1.59. The molecule has 0 aliphatic carbocycles. The molecule has 0 aliphatic heterocycles. The summed E-state index contributed by atoms with van der Waals surface area (Å²) in [5, 5.41) is 0. The Balaban J connectivity index is 0.000000810. The van der Waals surface area contributed by atoms with E-state index in [4.69, 9.17) is 17.2 Å². The monoisotopic (exact) mass is 142 g/mol. The minimum absolute atomic E-state index is 0. The third kappa shape index (κ3) is 1.73. The predicted molar refractivity (Wildman–Crippen MR) is 39.8 cm³/mol. The van der Waals surface area contributed by atoms with Crippen LogP contribution in [0.3, 0.4) is 0 Å². The van der Waals surface area contributed by atoms with E-state index in [0.29, 0.717) is 0 Å². The van der Waals surface area contributed by atoms with Gasteiger partial charge in [-0.3, -0.25) is 0 Å². The van der Waals surface area contributed by atoms with Crippen molar-refractivity contribution in [2.75, 3.05) is 17.2 Å². The number of anilines is 3. The smallest absolute Gasteiger partial charge is 0.226 e. The molecule has 0 unspecified atom stereocenters. The van der Waals surface area contributed by atoms with Crippen LogP contribution in [0.25, 0.3) is 0 Å². The lowest BCUT2D eigenvalue weighted by molar-refractivity contribution is 1.09. The Bertz CT molecular complexity index is 171. The highest BCUT2D eigenvalue weighted by Gasteiger charge is 1.93. The molecule has 0 saturated heterocycles. The molecule has 0 aromatic carbocycles. The molecular weight excluding hydrogens is 132 g/mol. The molecule has 0 radical (unpaired) electrons. The van der Waals surface area contributed by atoms with E-state index in [1.54, 1.807) is 0 Å². The van der Waals surface area contributed by atoms with E-state index in [0.717, 1.165) is 0 Å². The molecule has 10 heavy (non-hydrogen) atoms. The van der Waals surface area contributed by atoms with Gasteiger partial charge < -0.3 is 17.2 Å². The second kappa shape index (κ2) is 2.81. The Kier molecular flexibility index (Phi) is 2.36. The molecule has 0 spiro atoms. The summed E-state index contributed by atoms with van der Waals surface area (Å²) in [6, 6.07) is 0. The van der Waals surface area contributed by atoms with Crippen molar-refractivity contribution < 1.29 is 0 Å². The van der Waals surface area contributed by atoms with E-state index in [1.807, 2.05) is 0 Å². The first-order valence-electron chi connectivity index (χ1n) is 2.21. The number of hydrogen-bond donors (Lipinski definition) is 3. The van der Waals surface area contributed by atoms with Gasteiger partial charge in [0.2, 0.25) is 17.8 Å². The Morgan fingerprint density at radius 3 is 1.10 bits per heavy atom. The zero-order valence-electron chi connectivity index (χ0n) is 4.57. The summed E-state index contributed by atoms with van der Waals surface area (Å²) in [5.41, 5.74) is 15.4. The van der Waals surface area contributed by atoms with E-state index >= 15 is 0 Å². The lowest BCUT2D eigenvalue weighted by atomic mass is 10.9. The van der Waals surface area contributed by atoms with Gasteiger partial charge in [-0.05, 0) is 0 Å². The maximum atomic E-state index is 5.14. The van der Waals surface area contributed by atoms with Crippen LogP contribution in [-0.2, 0) is 0 Å². The van der Waals surface area contributed by atoms with Gasteiger partial charge in [-0.15, -0.1) is 0 Å². The fourth-order valence-corrected chi connectivity index (χ4v) is 0.427. The standard InChI is InChI=1S/C3H6N6.CH4/c4-1-7-2(5)9-3(6)8-1;/h(H6,4,5,6,7,8,9);1H4. The number of hydrogen-bond acceptors (Lipinski definition) is 6. The second-order valence-electron chi connectivity index (χ2n) is 1.41. The Hall–Kier alpha value is -1.59. The molecule has 0 aliphatic rings. The molecule has 0 fully saturated rings. The Labute approximate surface area is 58.5 Å². The van der Waals surface area contributed by atoms with Crippen LogP contribution in [0.4, 0.5) is 17.8 Å². The number of nitrogen functional groups attached to an aromatic ring is 3. The normalized spacial score (nSPS) is 8.40. The molecule has 0 amide bonds. The predicted octanol–water partition coefficient (Wildman–Crippen LogP) is -0.746. The summed E-state index contributed by atoms with van der Waals surface area (Å²) in [4.78, 5) is 10.5. The second-order valence-corrected chi connectivity index (χ2v) is 1.41. The maximum Gasteiger partial charge on any atom is 0.226 e. The summed E-state index contributed by atoms with van der Waals surface area (Å²) in [6.45, 7) is 0. The molecule has 1 aromatic rings. The van der Waals surface area contributed by atoms with Gasteiger partial charge >= 0.3 is 0 Å². The quantitative estimate of drug-likeness (QED) is 0.439. The Morgan fingerprint density at radius 2 is 0.900 bits per heavy atom. The minimum atomic E-state index is 0. The molecule has 6 nitrogen and oxygen atoms in total. The molecule has 0 atom stereocenters. The summed E-state index contributed by atoms with van der Waals surface area (Å²) in [5.74, 6) is 0.125. The first-order valence-corrected chi connectivity index (χ1v) is 2.21. The fourth-order valence-electron chi connectivity index (χ4n) is 0.427. The van der Waals surface area contributed by atoms with E-state index in [1.165, 1.54) is 0 Å². The largest absolute Gasteiger partial charge is 0.368 e. The molecule has 0 saturated carbocycles. The van der Waals surface area contributed by atoms with Crippen molar-refractivity contribution >= 4 is 17.8 Å². The van der Waals surface area contributed by atoms with Crippen LogP contribution in [0.5, 0.6) is 0 Å². The Morgan fingerprint density at radius 1 is 0.700 bits per heavy atom. The van der Waals surface area contributed by atoms with Gasteiger partial charge in [0.15, 0.2) is 0 Å². The topological polar surface area (TPSA) is 117 Å². The lowest BCUT2D eigenvalue weighted by Crippen LogP contribution is -2.05. The SMILES string of the molecule is C.Nc1nc(N)nc(N)n1. The minimum Gasteiger partial charge on any atom is -0.368 e. The lowest BCUT2D eigenvalue weighted by Gasteiger charge is -1.93. The number of aromatic nitrogens is 3. The molecule has 56 valence electrons. The summed E-state index contributed by atoms with van der Waals surface area (Å²) < 4.78 is 0. The molecule has 1 aromatic heterocycles. The van der Waals surface area contributed by atoms with Crippen LogP contribution in [0, 0.1) is 0 Å². The summed E-state index contributed by atoms with van der Waals surface area (Å²) in [7, 11) is 0. The van der Waals surface area contributed by atoms with Gasteiger partial charge in [-0.25, -0.2) is 0 Å². The van der Waals surface area contributed by atoms with Crippen LogP contribution < -0.4 is 17.2 Å². The number of nitrogens with zero attached hydrogens (tertiary/aromatic N) is 3. The molecule has 6 heteroatoms. The van der Waals surface area contributed by atoms with E-state index in [-0.39, 0.29) is 25.3 Å². The third-order valence-corrected chi connectivity index (χ3v) is 0.687. The number of nitrogens with two attached hydrogens (primary N) is 3. The van der Waals surface area contributed by atoms with Crippen molar-refractivity contribution in [3.05, 3.63) is 0 Å². The van der Waals surface area contributed by atoms with Crippen LogP contribution in [0.1, 0.15) is 7.43 Å². The zero-order chi connectivity index (χ0) is 6.85. The summed E-state index contributed by atoms with van der Waals surface area (Å²) >= 11 is 0. The molecular formula is C4H10N6. The average molecular weight is 142 g/mol. The van der Waals surface area contributed by atoms with Gasteiger partial charge in [0.05, 0.1) is 0 Å². The first kappa shape index (κ1) is 8.41. The molecule has 6 N–H and O–H groups in total.